The molecule has 11 nitrogen and oxygen atoms in total. The fraction of sp³-hybridized carbons (Fsp3) is 0.200. The summed E-state index contributed by atoms with van der Waals surface area (Å²) in [5, 5.41) is 5.31. The number of ether oxygens (including phenoxy) is 1. The Hall–Kier alpha value is -4.24. The zero-order chi connectivity index (χ0) is 32.1. The second kappa shape index (κ2) is 13.2. The third-order valence-corrected chi connectivity index (χ3v) is 9.73. The van der Waals surface area contributed by atoms with Crippen LogP contribution in [0.25, 0.3) is 16.5 Å². The zero-order valence-electron chi connectivity index (χ0n) is 24.4. The Morgan fingerprint density at radius 1 is 0.909 bits per heavy atom. The lowest BCUT2D eigenvalue weighted by Crippen LogP contribution is -2.27. The minimum absolute atomic E-state index is 0.133. The van der Waals surface area contributed by atoms with E-state index in [1.807, 2.05) is 0 Å². The van der Waals surface area contributed by atoms with Crippen LogP contribution in [0.1, 0.15) is 31.9 Å². The molecule has 2 aromatic carbocycles. The maximum absolute atomic E-state index is 13.3. The molecule has 0 atom stereocenters. The summed E-state index contributed by atoms with van der Waals surface area (Å²) in [6.45, 7) is 5.39. The molecule has 0 aliphatic heterocycles. The van der Waals surface area contributed by atoms with Gasteiger partial charge in [-0.2, -0.15) is 8.42 Å². The van der Waals surface area contributed by atoms with Gasteiger partial charge in [-0.05, 0) is 73.9 Å². The summed E-state index contributed by atoms with van der Waals surface area (Å²) in [6.07, 6.45) is 5.97. The number of anilines is 2. The molecule has 3 N–H and O–H groups in total. The van der Waals surface area contributed by atoms with Crippen LogP contribution in [0.5, 0.6) is 0 Å². The monoisotopic (exact) mass is 656 g/mol. The summed E-state index contributed by atoms with van der Waals surface area (Å²) in [7, 11) is -7.19. The molecule has 4 rings (SSSR count). The number of carbonyl (C=O) groups excluding carboxylic acids is 2. The average molecular weight is 657 g/mol. The van der Waals surface area contributed by atoms with E-state index in [9.17, 15) is 26.4 Å². The summed E-state index contributed by atoms with van der Waals surface area (Å²) in [5.74, 6) is -0.486. The molecule has 44 heavy (non-hydrogen) atoms. The molecule has 0 spiro atoms. The van der Waals surface area contributed by atoms with Crippen molar-refractivity contribution in [3.8, 4) is 10.4 Å². The van der Waals surface area contributed by atoms with E-state index in [0.717, 1.165) is 37.6 Å². The standard InChI is InChI=1S/C30H32N4O7S3/c1-30(2,3)41-29(36)33-25-8-6-5-7-24(25)32-27(35)15-11-22-17-18-34(20-22)44(39,40)28-16-14-26(42-28)23-12-9-21(10-13-23)19-31-43(4,37)38/h5-18,20,31H,19H2,1-4H3,(H,32,35)(H,33,36)/b15-11+. The summed E-state index contributed by atoms with van der Waals surface area (Å²) in [4.78, 5) is 25.5. The van der Waals surface area contributed by atoms with Gasteiger partial charge in [0.2, 0.25) is 15.9 Å². The second-order valence-electron chi connectivity index (χ2n) is 10.7. The number of benzene rings is 2. The van der Waals surface area contributed by atoms with E-state index >= 15 is 0 Å². The van der Waals surface area contributed by atoms with E-state index in [2.05, 4.69) is 15.4 Å². The van der Waals surface area contributed by atoms with Gasteiger partial charge in [-0.1, -0.05) is 36.4 Å². The van der Waals surface area contributed by atoms with Crippen LogP contribution in [0.15, 0.2) is 89.4 Å². The number of para-hydroxylation sites is 2. The normalized spacial score (nSPS) is 12.3. The van der Waals surface area contributed by atoms with Crippen LogP contribution in [0.4, 0.5) is 16.2 Å². The van der Waals surface area contributed by atoms with E-state index < -0.39 is 37.6 Å². The predicted octanol–water partition coefficient (Wildman–Crippen LogP) is 5.50. The number of rotatable bonds is 10. The van der Waals surface area contributed by atoms with Crippen LogP contribution in [-0.2, 0) is 36.1 Å². The average Bonchev–Trinajstić information content (AvgIpc) is 3.62. The van der Waals surface area contributed by atoms with Crippen LogP contribution in [0.3, 0.4) is 0 Å². The Labute approximate surface area is 260 Å². The topological polar surface area (TPSA) is 153 Å². The number of hydrogen-bond donors (Lipinski definition) is 3. The molecular formula is C30H32N4O7S3. The maximum Gasteiger partial charge on any atom is 0.412 e. The van der Waals surface area contributed by atoms with Crippen molar-refractivity contribution in [1.82, 2.24) is 8.69 Å². The van der Waals surface area contributed by atoms with Crippen molar-refractivity contribution >= 4 is 60.8 Å². The van der Waals surface area contributed by atoms with Gasteiger partial charge in [-0.25, -0.2) is 21.9 Å². The molecular weight excluding hydrogens is 625 g/mol. The molecule has 0 unspecified atom stereocenters. The lowest BCUT2D eigenvalue weighted by atomic mass is 10.1. The molecule has 0 aliphatic carbocycles. The molecule has 0 bridgehead atoms. The first-order chi connectivity index (χ1) is 20.6. The van der Waals surface area contributed by atoms with E-state index in [1.165, 1.54) is 30.6 Å². The quantitative estimate of drug-likeness (QED) is 0.191. The predicted molar refractivity (Wildman–Crippen MR) is 172 cm³/mol. The van der Waals surface area contributed by atoms with Gasteiger partial charge in [0.05, 0.1) is 17.6 Å². The molecule has 0 saturated carbocycles. The number of amides is 2. The third-order valence-electron chi connectivity index (χ3n) is 5.83. The van der Waals surface area contributed by atoms with Gasteiger partial charge >= 0.3 is 6.09 Å². The second-order valence-corrected chi connectivity index (χ2v) is 15.7. The van der Waals surface area contributed by atoms with E-state index in [0.29, 0.717) is 16.9 Å². The van der Waals surface area contributed by atoms with Gasteiger partial charge in [0.15, 0.2) is 0 Å². The summed E-state index contributed by atoms with van der Waals surface area (Å²) >= 11 is 1.11. The largest absolute Gasteiger partial charge is 0.444 e. The first kappa shape index (κ1) is 32.7. The minimum Gasteiger partial charge on any atom is -0.444 e. The van der Waals surface area contributed by atoms with Crippen molar-refractivity contribution in [2.75, 3.05) is 16.9 Å². The molecule has 0 aliphatic rings. The molecule has 14 heteroatoms. The number of aromatic nitrogens is 1. The van der Waals surface area contributed by atoms with Gasteiger partial charge in [-0.3, -0.25) is 10.1 Å². The third kappa shape index (κ3) is 9.13. The Kier molecular flexibility index (Phi) is 9.78. The molecule has 0 radical (unpaired) electrons. The van der Waals surface area contributed by atoms with E-state index in [4.69, 9.17) is 4.74 Å². The van der Waals surface area contributed by atoms with Gasteiger partial charge in [0.25, 0.3) is 10.0 Å². The van der Waals surface area contributed by atoms with Gasteiger partial charge in [0, 0.05) is 29.9 Å². The maximum atomic E-state index is 13.3. The lowest BCUT2D eigenvalue weighted by Gasteiger charge is -2.20. The first-order valence-electron chi connectivity index (χ1n) is 13.2. The Morgan fingerprint density at radius 2 is 1.57 bits per heavy atom. The zero-order valence-corrected chi connectivity index (χ0v) is 26.8. The van der Waals surface area contributed by atoms with Crippen LogP contribution in [0.2, 0.25) is 0 Å². The van der Waals surface area contributed by atoms with Crippen molar-refractivity contribution < 1.29 is 31.2 Å². The summed E-state index contributed by atoms with van der Waals surface area (Å²) < 4.78 is 58.1. The van der Waals surface area contributed by atoms with Crippen LogP contribution in [0, 0.1) is 0 Å². The fourth-order valence-electron chi connectivity index (χ4n) is 3.82. The minimum atomic E-state index is -3.88. The molecule has 232 valence electrons. The van der Waals surface area contributed by atoms with Crippen molar-refractivity contribution in [3.05, 3.63) is 96.3 Å². The SMILES string of the molecule is CC(C)(C)OC(=O)Nc1ccccc1NC(=O)/C=C/c1ccn(S(=O)(=O)c2ccc(-c3ccc(CNS(C)(=O)=O)cc3)s2)c1. The van der Waals surface area contributed by atoms with Gasteiger partial charge in [-0.15, -0.1) is 11.3 Å². The fourth-order valence-corrected chi connectivity index (χ4v) is 6.87. The van der Waals surface area contributed by atoms with Crippen molar-refractivity contribution in [2.45, 2.75) is 37.1 Å². The number of nitrogens with one attached hydrogen (secondary N) is 3. The Morgan fingerprint density at radius 3 is 2.20 bits per heavy atom. The summed E-state index contributed by atoms with van der Waals surface area (Å²) in [6, 6.07) is 18.6. The molecule has 2 amide bonds. The highest BCUT2D eigenvalue weighted by Gasteiger charge is 2.20. The van der Waals surface area contributed by atoms with Crippen LogP contribution >= 0.6 is 11.3 Å². The molecule has 0 fully saturated rings. The smallest absolute Gasteiger partial charge is 0.412 e. The summed E-state index contributed by atoms with van der Waals surface area (Å²) in [5.41, 5.74) is 2.09. The van der Waals surface area contributed by atoms with Crippen molar-refractivity contribution in [3.63, 3.8) is 0 Å². The molecule has 2 heterocycles. The number of carbonyl (C=O) groups is 2. The molecule has 0 saturated heterocycles. The highest BCUT2D eigenvalue weighted by atomic mass is 32.2. The number of nitrogens with zero attached hydrogens (tertiary/aromatic N) is 1. The van der Waals surface area contributed by atoms with Crippen molar-refractivity contribution in [1.29, 1.82) is 0 Å². The highest BCUT2D eigenvalue weighted by Crippen LogP contribution is 2.32. The number of thiophene rings is 1. The van der Waals surface area contributed by atoms with E-state index in [-0.39, 0.29) is 10.8 Å². The Bertz CT molecular complexity index is 1900. The highest BCUT2D eigenvalue weighted by molar-refractivity contribution is 7.92. The number of sulfonamides is 1. The Balaban J connectivity index is 1.40. The molecule has 2 aromatic heterocycles. The number of hydrogen-bond acceptors (Lipinski definition) is 8. The van der Waals surface area contributed by atoms with Gasteiger partial charge < -0.3 is 10.1 Å². The van der Waals surface area contributed by atoms with E-state index in [1.54, 1.807) is 81.4 Å². The lowest BCUT2D eigenvalue weighted by molar-refractivity contribution is -0.111. The van der Waals surface area contributed by atoms with Gasteiger partial charge in [0.1, 0.15) is 9.81 Å². The van der Waals surface area contributed by atoms with Crippen LogP contribution in [-0.4, -0.2) is 44.7 Å². The van der Waals surface area contributed by atoms with Crippen molar-refractivity contribution in [2.24, 2.45) is 0 Å². The van der Waals surface area contributed by atoms with Crippen LogP contribution < -0.4 is 15.4 Å². The first-order valence-corrected chi connectivity index (χ1v) is 17.4. The molecule has 4 aromatic rings.